The highest BCUT2D eigenvalue weighted by atomic mass is 19.1. The van der Waals surface area contributed by atoms with Crippen molar-refractivity contribution < 1.29 is 14.4 Å². The second-order valence-corrected chi connectivity index (χ2v) is 7.90. The Labute approximate surface area is 147 Å². The van der Waals surface area contributed by atoms with Crippen molar-refractivity contribution in [2.45, 2.75) is 56.7 Å². The van der Waals surface area contributed by atoms with Gasteiger partial charge in [-0.25, -0.2) is 9.87 Å². The molecule has 1 amide bonds. The number of hydroxylamine groups is 1. The van der Waals surface area contributed by atoms with E-state index in [4.69, 9.17) is 5.21 Å². The van der Waals surface area contributed by atoms with Crippen LogP contribution in [0.25, 0.3) is 0 Å². The van der Waals surface area contributed by atoms with Gasteiger partial charge in [0.25, 0.3) is 5.91 Å². The first kappa shape index (κ1) is 16.9. The zero-order valence-corrected chi connectivity index (χ0v) is 14.7. The molecule has 0 unspecified atom stereocenters. The maximum absolute atomic E-state index is 14.6. The molecule has 1 aromatic rings. The summed E-state index contributed by atoms with van der Waals surface area (Å²) in [6.07, 6.45) is 6.98. The SMILES string of the molecule is CN1CC[C@@H](N2CCc3cc(C(=O)NO)cc(F)c3C2)CC12CCC2. The molecule has 4 rings (SSSR count). The van der Waals surface area contributed by atoms with E-state index < -0.39 is 5.91 Å². The summed E-state index contributed by atoms with van der Waals surface area (Å²) in [5, 5.41) is 8.76. The fourth-order valence-electron chi connectivity index (χ4n) is 4.91. The van der Waals surface area contributed by atoms with Gasteiger partial charge in [-0.1, -0.05) is 0 Å². The average Bonchev–Trinajstić information content (AvgIpc) is 2.59. The molecule has 6 heteroatoms. The van der Waals surface area contributed by atoms with Gasteiger partial charge in [0, 0.05) is 35.8 Å². The molecule has 2 heterocycles. The van der Waals surface area contributed by atoms with Crippen LogP contribution >= 0.6 is 0 Å². The number of likely N-dealkylation sites (tertiary alicyclic amines) is 1. The molecule has 2 fully saturated rings. The zero-order valence-electron chi connectivity index (χ0n) is 14.7. The van der Waals surface area contributed by atoms with Gasteiger partial charge in [0.15, 0.2) is 0 Å². The van der Waals surface area contributed by atoms with Gasteiger partial charge in [-0.05, 0) is 69.8 Å². The molecule has 0 bridgehead atoms. The normalized spacial score (nSPS) is 26.1. The molecule has 5 nitrogen and oxygen atoms in total. The molecule has 1 atom stereocenters. The fraction of sp³-hybridized carbons (Fsp3) is 0.632. The summed E-state index contributed by atoms with van der Waals surface area (Å²) in [6.45, 7) is 2.64. The Morgan fingerprint density at radius 2 is 2.16 bits per heavy atom. The number of amides is 1. The minimum atomic E-state index is -0.661. The Bertz CT molecular complexity index is 689. The van der Waals surface area contributed by atoms with Gasteiger partial charge < -0.3 is 4.90 Å². The first-order valence-electron chi connectivity index (χ1n) is 9.23. The second-order valence-electron chi connectivity index (χ2n) is 7.90. The van der Waals surface area contributed by atoms with Crippen LogP contribution in [0.15, 0.2) is 12.1 Å². The van der Waals surface area contributed by atoms with Crippen LogP contribution in [0, 0.1) is 5.82 Å². The smallest absolute Gasteiger partial charge is 0.274 e. The second kappa shape index (κ2) is 6.34. The number of halogens is 1. The molecule has 1 aliphatic carbocycles. The Morgan fingerprint density at radius 1 is 1.36 bits per heavy atom. The number of fused-ring (bicyclic) bond motifs is 1. The summed E-state index contributed by atoms with van der Waals surface area (Å²) < 4.78 is 14.6. The van der Waals surface area contributed by atoms with Crippen molar-refractivity contribution in [3.8, 4) is 0 Å². The summed E-state index contributed by atoms with van der Waals surface area (Å²) in [7, 11) is 2.24. The van der Waals surface area contributed by atoms with E-state index in [9.17, 15) is 9.18 Å². The van der Waals surface area contributed by atoms with E-state index in [-0.39, 0.29) is 11.4 Å². The Kier molecular flexibility index (Phi) is 4.30. The maximum atomic E-state index is 14.6. The van der Waals surface area contributed by atoms with Crippen LogP contribution in [0.2, 0.25) is 0 Å². The van der Waals surface area contributed by atoms with E-state index in [0.717, 1.165) is 31.5 Å². The Balaban J connectivity index is 1.52. The molecule has 2 aliphatic heterocycles. The lowest BCUT2D eigenvalue weighted by atomic mass is 9.68. The quantitative estimate of drug-likeness (QED) is 0.637. The zero-order chi connectivity index (χ0) is 17.6. The van der Waals surface area contributed by atoms with E-state index in [1.807, 2.05) is 0 Å². The van der Waals surface area contributed by atoms with Crippen LogP contribution in [-0.2, 0) is 13.0 Å². The highest BCUT2D eigenvalue weighted by Gasteiger charge is 2.46. The third-order valence-electron chi connectivity index (χ3n) is 6.70. The minimum absolute atomic E-state index is 0.180. The van der Waals surface area contributed by atoms with Gasteiger partial charge in [-0.15, -0.1) is 0 Å². The van der Waals surface area contributed by atoms with Crippen molar-refractivity contribution in [3.63, 3.8) is 0 Å². The highest BCUT2D eigenvalue weighted by molar-refractivity contribution is 5.93. The minimum Gasteiger partial charge on any atom is -0.301 e. The first-order chi connectivity index (χ1) is 12.0. The van der Waals surface area contributed by atoms with Crippen LogP contribution in [0.4, 0.5) is 4.39 Å². The van der Waals surface area contributed by atoms with Crippen molar-refractivity contribution in [1.29, 1.82) is 0 Å². The third kappa shape index (κ3) is 2.86. The predicted molar refractivity (Wildman–Crippen MR) is 92.0 cm³/mol. The number of carbonyl (C=O) groups excluding carboxylic acids is 1. The summed E-state index contributed by atoms with van der Waals surface area (Å²) in [6, 6.07) is 3.46. The van der Waals surface area contributed by atoms with E-state index in [2.05, 4.69) is 16.8 Å². The van der Waals surface area contributed by atoms with Crippen LogP contribution in [0.1, 0.15) is 53.6 Å². The van der Waals surface area contributed by atoms with Crippen LogP contribution in [0.5, 0.6) is 0 Å². The molecule has 1 spiro atoms. The summed E-state index contributed by atoms with van der Waals surface area (Å²) in [4.78, 5) is 16.5. The number of carbonyl (C=O) groups is 1. The number of piperidine rings is 1. The van der Waals surface area contributed by atoms with Crippen molar-refractivity contribution in [1.82, 2.24) is 15.3 Å². The number of hydrogen-bond acceptors (Lipinski definition) is 4. The summed E-state index contributed by atoms with van der Waals surface area (Å²) in [5.74, 6) is -1.00. The fourth-order valence-corrected chi connectivity index (χ4v) is 4.91. The van der Waals surface area contributed by atoms with E-state index in [1.165, 1.54) is 31.7 Å². The highest BCUT2D eigenvalue weighted by Crippen LogP contribution is 2.45. The number of nitrogens with one attached hydrogen (secondary N) is 1. The van der Waals surface area contributed by atoms with Gasteiger partial charge in [-0.2, -0.15) is 0 Å². The summed E-state index contributed by atoms with van der Waals surface area (Å²) in [5.41, 5.74) is 3.74. The van der Waals surface area contributed by atoms with Gasteiger partial charge in [0.05, 0.1) is 0 Å². The number of nitrogens with zero attached hydrogens (tertiary/aromatic N) is 2. The molecule has 0 aromatic heterocycles. The van der Waals surface area contributed by atoms with Crippen molar-refractivity contribution in [2.75, 3.05) is 20.1 Å². The predicted octanol–water partition coefficient (Wildman–Crippen LogP) is 2.32. The van der Waals surface area contributed by atoms with Gasteiger partial charge in [-0.3, -0.25) is 14.9 Å². The lowest BCUT2D eigenvalue weighted by Crippen LogP contribution is -2.60. The number of hydrogen-bond donors (Lipinski definition) is 2. The average molecular weight is 347 g/mol. The molecule has 3 aliphatic rings. The van der Waals surface area contributed by atoms with Gasteiger partial charge in [0.2, 0.25) is 0 Å². The summed E-state index contributed by atoms with van der Waals surface area (Å²) >= 11 is 0. The lowest BCUT2D eigenvalue weighted by Gasteiger charge is -2.56. The van der Waals surface area contributed by atoms with E-state index in [1.54, 1.807) is 11.5 Å². The standard InChI is InChI=1S/C19H26FN3O2/c1-22-7-4-15(11-19(22)5-2-6-19)23-8-3-13-9-14(18(24)21-25)10-17(20)16(13)12-23/h9-10,15,25H,2-8,11-12H2,1H3,(H,21,24)/t15-/m1/s1. The maximum Gasteiger partial charge on any atom is 0.274 e. The van der Waals surface area contributed by atoms with Crippen molar-refractivity contribution in [2.24, 2.45) is 0 Å². The topological polar surface area (TPSA) is 55.8 Å². The molecule has 1 saturated heterocycles. The lowest BCUT2D eigenvalue weighted by molar-refractivity contribution is -0.0387. The van der Waals surface area contributed by atoms with E-state index in [0.29, 0.717) is 23.7 Å². The molecule has 2 N–H and O–H groups in total. The van der Waals surface area contributed by atoms with Crippen LogP contribution < -0.4 is 5.48 Å². The van der Waals surface area contributed by atoms with E-state index >= 15 is 0 Å². The molecule has 136 valence electrons. The molecule has 1 aromatic carbocycles. The van der Waals surface area contributed by atoms with Gasteiger partial charge >= 0.3 is 0 Å². The number of rotatable bonds is 2. The van der Waals surface area contributed by atoms with Crippen LogP contribution in [0.3, 0.4) is 0 Å². The Morgan fingerprint density at radius 3 is 2.84 bits per heavy atom. The molecule has 1 saturated carbocycles. The van der Waals surface area contributed by atoms with Crippen molar-refractivity contribution >= 4 is 5.91 Å². The molecular formula is C19H26FN3O2. The van der Waals surface area contributed by atoms with Crippen LogP contribution in [-0.4, -0.2) is 52.6 Å². The first-order valence-corrected chi connectivity index (χ1v) is 9.23. The Hall–Kier alpha value is -1.50. The van der Waals surface area contributed by atoms with Gasteiger partial charge in [0.1, 0.15) is 5.82 Å². The molecule has 25 heavy (non-hydrogen) atoms. The van der Waals surface area contributed by atoms with Crippen molar-refractivity contribution in [3.05, 3.63) is 34.6 Å². The third-order valence-corrected chi connectivity index (χ3v) is 6.70. The largest absolute Gasteiger partial charge is 0.301 e. The number of benzene rings is 1. The molecule has 0 radical (unpaired) electrons. The monoisotopic (exact) mass is 347 g/mol. The molecular weight excluding hydrogens is 321 g/mol.